The number of carboxylic acids is 1. The fourth-order valence-corrected chi connectivity index (χ4v) is 1.36. The normalized spacial score (nSPS) is 12.4. The molecule has 0 aliphatic rings. The highest BCUT2D eigenvalue weighted by atomic mass is 16.5. The minimum absolute atomic E-state index is 0.00762. The summed E-state index contributed by atoms with van der Waals surface area (Å²) in [5.74, 6) is -1.04. The van der Waals surface area contributed by atoms with E-state index in [0.717, 1.165) is 0 Å². The fourth-order valence-electron chi connectivity index (χ4n) is 1.36. The largest absolute Gasteiger partial charge is 0.480 e. The molecule has 0 spiro atoms. The highest BCUT2D eigenvalue weighted by molar-refractivity contribution is 5.84. The van der Waals surface area contributed by atoms with E-state index in [1.54, 1.807) is 20.8 Å². The van der Waals surface area contributed by atoms with Crippen LogP contribution in [0.25, 0.3) is 0 Å². The van der Waals surface area contributed by atoms with Crippen molar-refractivity contribution in [3.63, 3.8) is 0 Å². The summed E-state index contributed by atoms with van der Waals surface area (Å²) in [5, 5.41) is 14.9. The molecule has 1 aromatic heterocycles. The lowest BCUT2D eigenvalue weighted by atomic mass is 10.1. The number of nitrogens with zero attached hydrogens (tertiary/aromatic N) is 2. The van der Waals surface area contributed by atoms with Crippen LogP contribution >= 0.6 is 0 Å². The standard InChI is InChI=1S/C11H17N3O5/c1-6(2)10(11(16)17)13-8(15)4-18-5-9-12-7(3)14-19-9/h6,10H,4-5H2,1-3H3,(H,13,15)(H,16,17). The predicted octanol–water partition coefficient (Wildman–Crippen LogP) is 0.120. The first-order valence-electron chi connectivity index (χ1n) is 5.79. The van der Waals surface area contributed by atoms with E-state index in [1.165, 1.54) is 0 Å². The van der Waals surface area contributed by atoms with Gasteiger partial charge in [0.05, 0.1) is 0 Å². The minimum atomic E-state index is -1.07. The molecule has 1 rings (SSSR count). The van der Waals surface area contributed by atoms with Crippen molar-refractivity contribution in [2.45, 2.75) is 33.4 Å². The summed E-state index contributed by atoms with van der Waals surface area (Å²) in [6.07, 6.45) is 0. The third-order valence-corrected chi connectivity index (χ3v) is 2.28. The van der Waals surface area contributed by atoms with Gasteiger partial charge in [-0.15, -0.1) is 0 Å². The van der Waals surface area contributed by atoms with E-state index in [9.17, 15) is 9.59 Å². The van der Waals surface area contributed by atoms with Crippen molar-refractivity contribution >= 4 is 11.9 Å². The Balaban J connectivity index is 2.33. The Hall–Kier alpha value is -1.96. The molecule has 0 aliphatic heterocycles. The lowest BCUT2D eigenvalue weighted by Gasteiger charge is -2.17. The smallest absolute Gasteiger partial charge is 0.326 e. The Morgan fingerprint density at radius 1 is 1.47 bits per heavy atom. The first kappa shape index (κ1) is 15.1. The molecule has 8 heteroatoms. The average molecular weight is 271 g/mol. The molecule has 0 saturated carbocycles. The topological polar surface area (TPSA) is 115 Å². The van der Waals surface area contributed by atoms with Crippen LogP contribution in [-0.4, -0.2) is 39.8 Å². The number of rotatable bonds is 7. The van der Waals surface area contributed by atoms with Crippen molar-refractivity contribution in [3.05, 3.63) is 11.7 Å². The molecule has 0 aliphatic carbocycles. The quantitative estimate of drug-likeness (QED) is 0.723. The van der Waals surface area contributed by atoms with E-state index in [-0.39, 0.29) is 25.0 Å². The van der Waals surface area contributed by atoms with Gasteiger partial charge in [-0.2, -0.15) is 4.98 Å². The second kappa shape index (κ2) is 6.83. The first-order chi connectivity index (χ1) is 8.90. The fraction of sp³-hybridized carbons (Fsp3) is 0.636. The number of aromatic nitrogens is 2. The van der Waals surface area contributed by atoms with E-state index in [0.29, 0.717) is 5.82 Å². The number of hydrogen-bond donors (Lipinski definition) is 2. The molecule has 1 heterocycles. The summed E-state index contributed by atoms with van der Waals surface area (Å²) >= 11 is 0. The van der Waals surface area contributed by atoms with Gasteiger partial charge in [0, 0.05) is 0 Å². The van der Waals surface area contributed by atoms with Gasteiger partial charge in [-0.05, 0) is 12.8 Å². The van der Waals surface area contributed by atoms with Gasteiger partial charge in [-0.3, -0.25) is 4.79 Å². The zero-order valence-corrected chi connectivity index (χ0v) is 11.0. The van der Waals surface area contributed by atoms with Crippen LogP contribution in [0.5, 0.6) is 0 Å². The summed E-state index contributed by atoms with van der Waals surface area (Å²) in [6, 6.07) is -0.929. The zero-order chi connectivity index (χ0) is 14.4. The van der Waals surface area contributed by atoms with Gasteiger partial charge in [0.15, 0.2) is 5.82 Å². The number of amides is 1. The molecular formula is C11H17N3O5. The summed E-state index contributed by atoms with van der Waals surface area (Å²) in [7, 11) is 0. The van der Waals surface area contributed by atoms with Crippen LogP contribution in [0.2, 0.25) is 0 Å². The van der Waals surface area contributed by atoms with Crippen molar-refractivity contribution < 1.29 is 24.0 Å². The average Bonchev–Trinajstić information content (AvgIpc) is 2.71. The van der Waals surface area contributed by atoms with Crippen LogP contribution < -0.4 is 5.32 Å². The van der Waals surface area contributed by atoms with Gasteiger partial charge in [-0.25, -0.2) is 4.79 Å². The Morgan fingerprint density at radius 2 is 2.16 bits per heavy atom. The molecule has 0 saturated heterocycles. The molecule has 1 atom stereocenters. The maximum Gasteiger partial charge on any atom is 0.326 e. The third-order valence-electron chi connectivity index (χ3n) is 2.28. The highest BCUT2D eigenvalue weighted by Gasteiger charge is 2.23. The molecule has 2 N–H and O–H groups in total. The summed E-state index contributed by atoms with van der Waals surface area (Å²) in [6.45, 7) is 4.83. The molecule has 106 valence electrons. The number of nitrogens with one attached hydrogen (secondary N) is 1. The predicted molar refractivity (Wildman–Crippen MR) is 63.1 cm³/mol. The van der Waals surface area contributed by atoms with Crippen molar-refractivity contribution in [3.8, 4) is 0 Å². The number of aliphatic carboxylic acids is 1. The van der Waals surface area contributed by atoms with Crippen LogP contribution in [-0.2, 0) is 20.9 Å². The molecule has 1 amide bonds. The van der Waals surface area contributed by atoms with Crippen LogP contribution in [0, 0.1) is 12.8 Å². The van der Waals surface area contributed by atoms with Crippen molar-refractivity contribution in [2.75, 3.05) is 6.61 Å². The molecule has 0 fully saturated rings. The van der Waals surface area contributed by atoms with Crippen molar-refractivity contribution in [2.24, 2.45) is 5.92 Å². The number of carbonyl (C=O) groups excluding carboxylic acids is 1. The summed E-state index contributed by atoms with van der Waals surface area (Å²) in [4.78, 5) is 26.3. The van der Waals surface area contributed by atoms with Crippen LogP contribution in [0.15, 0.2) is 4.52 Å². The van der Waals surface area contributed by atoms with Crippen LogP contribution in [0.1, 0.15) is 25.6 Å². The van der Waals surface area contributed by atoms with E-state index in [1.807, 2.05) is 0 Å². The second-order valence-electron chi connectivity index (χ2n) is 4.36. The molecular weight excluding hydrogens is 254 g/mol. The van der Waals surface area contributed by atoms with Crippen LogP contribution in [0.3, 0.4) is 0 Å². The molecule has 1 unspecified atom stereocenters. The number of ether oxygens (including phenoxy) is 1. The van der Waals surface area contributed by atoms with E-state index < -0.39 is 17.9 Å². The summed E-state index contributed by atoms with van der Waals surface area (Å²) < 4.78 is 9.85. The lowest BCUT2D eigenvalue weighted by molar-refractivity contribution is -0.144. The van der Waals surface area contributed by atoms with E-state index in [2.05, 4.69) is 15.5 Å². The Morgan fingerprint density at radius 3 is 2.63 bits per heavy atom. The number of hydrogen-bond acceptors (Lipinski definition) is 6. The molecule has 1 aromatic rings. The molecule has 8 nitrogen and oxygen atoms in total. The number of aryl methyl sites for hydroxylation is 1. The van der Waals surface area contributed by atoms with Gasteiger partial charge < -0.3 is 19.7 Å². The third kappa shape index (κ3) is 5.04. The first-order valence-corrected chi connectivity index (χ1v) is 5.79. The van der Waals surface area contributed by atoms with E-state index >= 15 is 0 Å². The monoisotopic (exact) mass is 271 g/mol. The zero-order valence-electron chi connectivity index (χ0n) is 11.0. The minimum Gasteiger partial charge on any atom is -0.480 e. The molecule has 0 aromatic carbocycles. The molecule has 0 radical (unpaired) electrons. The number of carbonyl (C=O) groups is 2. The Labute approximate surface area is 110 Å². The Bertz CT molecular complexity index is 443. The van der Waals surface area contributed by atoms with Gasteiger partial charge in [0.25, 0.3) is 5.89 Å². The maximum absolute atomic E-state index is 11.5. The van der Waals surface area contributed by atoms with Crippen LogP contribution in [0.4, 0.5) is 0 Å². The lowest BCUT2D eigenvalue weighted by Crippen LogP contribution is -2.45. The Kier molecular flexibility index (Phi) is 5.43. The maximum atomic E-state index is 11.5. The van der Waals surface area contributed by atoms with Gasteiger partial charge >= 0.3 is 5.97 Å². The highest BCUT2D eigenvalue weighted by Crippen LogP contribution is 2.02. The van der Waals surface area contributed by atoms with Gasteiger partial charge in [0.2, 0.25) is 5.91 Å². The molecule has 0 bridgehead atoms. The van der Waals surface area contributed by atoms with Gasteiger partial charge in [0.1, 0.15) is 19.3 Å². The second-order valence-corrected chi connectivity index (χ2v) is 4.36. The van der Waals surface area contributed by atoms with Crippen molar-refractivity contribution in [1.82, 2.24) is 15.5 Å². The van der Waals surface area contributed by atoms with Gasteiger partial charge in [-0.1, -0.05) is 19.0 Å². The van der Waals surface area contributed by atoms with E-state index in [4.69, 9.17) is 14.4 Å². The van der Waals surface area contributed by atoms with Crippen molar-refractivity contribution in [1.29, 1.82) is 0 Å². The summed E-state index contributed by atoms with van der Waals surface area (Å²) in [5.41, 5.74) is 0. The number of carboxylic acid groups (broad SMARTS) is 1. The SMILES string of the molecule is Cc1noc(COCC(=O)NC(C(=O)O)C(C)C)n1. The molecule has 19 heavy (non-hydrogen) atoms.